The maximum absolute atomic E-state index is 12.0. The van der Waals surface area contributed by atoms with Gasteiger partial charge in [-0.15, -0.1) is 0 Å². The van der Waals surface area contributed by atoms with Gasteiger partial charge in [-0.1, -0.05) is 25.2 Å². The molecule has 0 saturated heterocycles. The van der Waals surface area contributed by atoms with Gasteiger partial charge in [0, 0.05) is 23.6 Å². The fourth-order valence-electron chi connectivity index (χ4n) is 3.94. The lowest BCUT2D eigenvalue weighted by molar-refractivity contribution is -0.168. The highest BCUT2D eigenvalue weighted by Crippen LogP contribution is 2.43. The molecule has 0 bridgehead atoms. The van der Waals surface area contributed by atoms with Gasteiger partial charge in [-0.05, 0) is 51.7 Å². The van der Waals surface area contributed by atoms with E-state index in [9.17, 15) is 9.90 Å². The van der Waals surface area contributed by atoms with Gasteiger partial charge in [0.15, 0.2) is 0 Å². The number of quaternary nitrogens is 1. The summed E-state index contributed by atoms with van der Waals surface area (Å²) in [6, 6.07) is 6.43. The maximum Gasteiger partial charge on any atom is 0.332 e. The zero-order chi connectivity index (χ0) is 19.9. The van der Waals surface area contributed by atoms with Crippen molar-refractivity contribution in [3.05, 3.63) is 29.3 Å². The molecule has 5 heteroatoms. The number of rotatable bonds is 6. The number of benzene rings is 1. The number of ether oxygens (including phenoxy) is 1. The standard InChI is InChI=1S/C23H34NO3.HI/c1-5-8-12-19-17-20(24(4,6-2)7-3)13-14-21(19)23(27-22(26)18-25)15-10-9-11-16-23;/h13-14,17,25H,5-7,9-11,15-16,18H2,1-4H3;1H/q+1;/p-1. The molecule has 28 heavy (non-hydrogen) atoms. The van der Waals surface area contributed by atoms with Gasteiger partial charge in [0.2, 0.25) is 0 Å². The number of nitrogens with zero attached hydrogens (tertiary/aromatic N) is 1. The Morgan fingerprint density at radius 2 is 1.82 bits per heavy atom. The van der Waals surface area contributed by atoms with Crippen molar-refractivity contribution >= 4 is 11.7 Å². The van der Waals surface area contributed by atoms with Crippen molar-refractivity contribution in [2.45, 2.75) is 64.9 Å². The SMILES string of the molecule is CCC#Cc1cc([N+](C)(CC)CC)ccc1C1(OC(=O)CO)CCCCC1.[I-]. The monoisotopic (exact) mass is 499 g/mol. The molecule has 1 aromatic carbocycles. The van der Waals surface area contributed by atoms with Crippen LogP contribution in [0.15, 0.2) is 18.2 Å². The summed E-state index contributed by atoms with van der Waals surface area (Å²) < 4.78 is 6.69. The number of hydrogen-bond donors (Lipinski definition) is 1. The Labute approximate surface area is 187 Å². The minimum absolute atomic E-state index is 0. The number of carbonyl (C=O) groups is 1. The fourth-order valence-corrected chi connectivity index (χ4v) is 3.94. The number of halogens is 1. The highest BCUT2D eigenvalue weighted by Gasteiger charge is 2.40. The van der Waals surface area contributed by atoms with Crippen molar-refractivity contribution in [1.82, 2.24) is 4.48 Å². The summed E-state index contributed by atoms with van der Waals surface area (Å²) in [7, 11) is 2.23. The van der Waals surface area contributed by atoms with E-state index in [1.165, 1.54) is 5.69 Å². The molecule has 1 aliphatic carbocycles. The Balaban J connectivity index is 0.00000392. The van der Waals surface area contributed by atoms with Crippen LogP contribution in [0.25, 0.3) is 0 Å². The fraction of sp³-hybridized carbons (Fsp3) is 0.609. The molecular weight excluding hydrogens is 465 g/mol. The van der Waals surface area contributed by atoms with Crippen LogP contribution in [0, 0.1) is 11.8 Å². The molecular formula is C23H34INO3. The molecule has 0 aromatic heterocycles. The average molecular weight is 499 g/mol. The van der Waals surface area contributed by atoms with Gasteiger partial charge in [-0.3, -0.25) is 4.48 Å². The second-order valence-electron chi connectivity index (χ2n) is 7.60. The molecule has 1 fully saturated rings. The third-order valence-corrected chi connectivity index (χ3v) is 6.01. The van der Waals surface area contributed by atoms with E-state index in [0.29, 0.717) is 0 Å². The first-order valence-electron chi connectivity index (χ1n) is 10.3. The highest BCUT2D eigenvalue weighted by atomic mass is 127. The summed E-state index contributed by atoms with van der Waals surface area (Å²) in [5.41, 5.74) is 2.50. The first-order valence-corrected chi connectivity index (χ1v) is 10.3. The van der Waals surface area contributed by atoms with Crippen molar-refractivity contribution in [1.29, 1.82) is 0 Å². The Hall–Kier alpha value is -1.10. The minimum Gasteiger partial charge on any atom is -1.00 e. The lowest BCUT2D eigenvalue weighted by Crippen LogP contribution is -3.00. The normalized spacial score (nSPS) is 15.8. The van der Waals surface area contributed by atoms with E-state index in [0.717, 1.165) is 67.2 Å². The number of carbonyl (C=O) groups excluding carboxylic acids is 1. The van der Waals surface area contributed by atoms with Crippen LogP contribution < -0.4 is 28.5 Å². The number of aliphatic hydroxyl groups is 1. The van der Waals surface area contributed by atoms with Crippen molar-refractivity contribution in [3.8, 4) is 11.8 Å². The first kappa shape index (κ1) is 24.9. The molecule has 0 amide bonds. The molecule has 1 saturated carbocycles. The number of aliphatic hydroxyl groups excluding tert-OH is 1. The van der Waals surface area contributed by atoms with Crippen molar-refractivity contribution in [2.75, 3.05) is 26.7 Å². The zero-order valence-electron chi connectivity index (χ0n) is 17.7. The smallest absolute Gasteiger partial charge is 0.332 e. The van der Waals surface area contributed by atoms with E-state index in [4.69, 9.17) is 4.74 Å². The van der Waals surface area contributed by atoms with Gasteiger partial charge >= 0.3 is 5.97 Å². The quantitative estimate of drug-likeness (QED) is 0.276. The molecule has 0 spiro atoms. The summed E-state index contributed by atoms with van der Waals surface area (Å²) >= 11 is 0. The number of hydrogen-bond acceptors (Lipinski definition) is 3. The van der Waals surface area contributed by atoms with Crippen LogP contribution in [-0.4, -0.2) is 37.8 Å². The Bertz CT molecular complexity index is 710. The topological polar surface area (TPSA) is 46.5 Å². The zero-order valence-corrected chi connectivity index (χ0v) is 19.8. The molecule has 0 unspecified atom stereocenters. The molecule has 156 valence electrons. The highest BCUT2D eigenvalue weighted by molar-refractivity contribution is 5.71. The molecule has 0 aliphatic heterocycles. The molecule has 4 nitrogen and oxygen atoms in total. The molecule has 0 atom stereocenters. The predicted octanol–water partition coefficient (Wildman–Crippen LogP) is 1.12. The molecule has 2 rings (SSSR count). The van der Waals surface area contributed by atoms with E-state index in [-0.39, 0.29) is 24.0 Å². The van der Waals surface area contributed by atoms with E-state index in [2.05, 4.69) is 50.9 Å². The van der Waals surface area contributed by atoms with Crippen LogP contribution in [0.5, 0.6) is 0 Å². The van der Waals surface area contributed by atoms with E-state index in [1.54, 1.807) is 0 Å². The third-order valence-electron chi connectivity index (χ3n) is 6.01. The summed E-state index contributed by atoms with van der Waals surface area (Å²) in [5, 5.41) is 9.25. The van der Waals surface area contributed by atoms with Crippen LogP contribution in [0.1, 0.15) is 70.4 Å². The molecule has 1 aromatic rings. The summed E-state index contributed by atoms with van der Waals surface area (Å²) in [4.78, 5) is 12.0. The lowest BCUT2D eigenvalue weighted by Gasteiger charge is -2.38. The van der Waals surface area contributed by atoms with Crippen molar-refractivity contribution in [3.63, 3.8) is 0 Å². The maximum atomic E-state index is 12.0. The van der Waals surface area contributed by atoms with E-state index < -0.39 is 18.2 Å². The summed E-state index contributed by atoms with van der Waals surface area (Å²) in [6.45, 7) is 7.84. The average Bonchev–Trinajstić information content (AvgIpc) is 2.71. The second kappa shape index (κ2) is 11.2. The Morgan fingerprint density at radius 1 is 1.18 bits per heavy atom. The molecule has 1 aliphatic rings. The first-order chi connectivity index (χ1) is 12.9. The van der Waals surface area contributed by atoms with Crippen LogP contribution in [0.3, 0.4) is 0 Å². The van der Waals surface area contributed by atoms with Gasteiger partial charge in [0.05, 0.1) is 20.1 Å². The van der Waals surface area contributed by atoms with Crippen LogP contribution in [0.2, 0.25) is 0 Å². The molecule has 0 radical (unpaired) electrons. The minimum atomic E-state index is -0.670. The van der Waals surface area contributed by atoms with Gasteiger partial charge in [-0.2, -0.15) is 0 Å². The largest absolute Gasteiger partial charge is 1.00 e. The van der Waals surface area contributed by atoms with Gasteiger partial charge in [0.1, 0.15) is 17.9 Å². The molecule has 1 N–H and O–H groups in total. The van der Waals surface area contributed by atoms with Crippen LogP contribution in [-0.2, 0) is 15.1 Å². The summed E-state index contributed by atoms with van der Waals surface area (Å²) in [6.07, 6.45) is 5.52. The van der Waals surface area contributed by atoms with E-state index >= 15 is 0 Å². The van der Waals surface area contributed by atoms with Gasteiger partial charge < -0.3 is 33.8 Å². The third kappa shape index (κ3) is 5.49. The Kier molecular flexibility index (Phi) is 9.96. The summed E-state index contributed by atoms with van der Waals surface area (Å²) in [5.74, 6) is 5.96. The van der Waals surface area contributed by atoms with Crippen LogP contribution in [0.4, 0.5) is 5.69 Å². The number of esters is 1. The predicted molar refractivity (Wildman–Crippen MR) is 110 cm³/mol. The second-order valence-corrected chi connectivity index (χ2v) is 7.60. The van der Waals surface area contributed by atoms with Crippen molar-refractivity contribution < 1.29 is 38.6 Å². The lowest BCUT2D eigenvalue weighted by atomic mass is 9.77. The molecule has 0 heterocycles. The van der Waals surface area contributed by atoms with Crippen LogP contribution >= 0.6 is 0 Å². The van der Waals surface area contributed by atoms with E-state index in [1.807, 2.05) is 6.92 Å². The van der Waals surface area contributed by atoms with Gasteiger partial charge in [0.25, 0.3) is 0 Å². The van der Waals surface area contributed by atoms with Gasteiger partial charge in [-0.25, -0.2) is 4.79 Å². The Morgan fingerprint density at radius 3 is 2.36 bits per heavy atom. The van der Waals surface area contributed by atoms with Crippen molar-refractivity contribution in [2.24, 2.45) is 0 Å².